The van der Waals surface area contributed by atoms with Crippen molar-refractivity contribution in [3.8, 4) is 5.75 Å². The van der Waals surface area contributed by atoms with E-state index in [2.05, 4.69) is 13.8 Å². The summed E-state index contributed by atoms with van der Waals surface area (Å²) in [5, 5.41) is 10.2. The highest BCUT2D eigenvalue weighted by Crippen LogP contribution is 2.12. The van der Waals surface area contributed by atoms with Crippen molar-refractivity contribution in [2.45, 2.75) is 58.2 Å². The average Bonchev–Trinajstić information content (AvgIpc) is 2.41. The van der Waals surface area contributed by atoms with Crippen LogP contribution in [-0.4, -0.2) is 36.4 Å². The normalized spacial score (nSPS) is 28.1. The Bertz CT molecular complexity index is 411. The molecular formula is C17H28NO2+. The number of piperidine rings is 1. The van der Waals surface area contributed by atoms with Gasteiger partial charge in [0.15, 0.2) is 0 Å². The number of aliphatic hydroxyl groups is 1. The van der Waals surface area contributed by atoms with E-state index in [0.29, 0.717) is 18.7 Å². The number of aryl methyl sites for hydroxylation is 1. The summed E-state index contributed by atoms with van der Waals surface area (Å²) in [6.07, 6.45) is 3.46. The molecule has 1 aliphatic heterocycles. The number of hydrogen-bond acceptors (Lipinski definition) is 2. The van der Waals surface area contributed by atoms with E-state index in [0.717, 1.165) is 12.3 Å². The van der Waals surface area contributed by atoms with Gasteiger partial charge in [-0.15, -0.1) is 0 Å². The lowest BCUT2D eigenvalue weighted by Gasteiger charge is -2.36. The van der Waals surface area contributed by atoms with Crippen LogP contribution in [0.3, 0.4) is 0 Å². The Kier molecular flexibility index (Phi) is 5.44. The van der Waals surface area contributed by atoms with Crippen LogP contribution in [0.2, 0.25) is 0 Å². The lowest BCUT2D eigenvalue weighted by atomic mass is 9.97. The zero-order chi connectivity index (χ0) is 14.5. The minimum Gasteiger partial charge on any atom is -0.491 e. The summed E-state index contributed by atoms with van der Waals surface area (Å²) in [4.78, 5) is 1.52. The van der Waals surface area contributed by atoms with E-state index in [1.54, 1.807) is 0 Å². The van der Waals surface area contributed by atoms with Crippen molar-refractivity contribution in [1.82, 2.24) is 0 Å². The van der Waals surface area contributed by atoms with Crippen molar-refractivity contribution < 1.29 is 14.7 Å². The van der Waals surface area contributed by atoms with Crippen LogP contribution in [0.4, 0.5) is 0 Å². The maximum atomic E-state index is 10.2. The van der Waals surface area contributed by atoms with Crippen molar-refractivity contribution in [3.05, 3.63) is 29.8 Å². The summed E-state index contributed by atoms with van der Waals surface area (Å²) in [5.74, 6) is 0.846. The van der Waals surface area contributed by atoms with E-state index < -0.39 is 6.10 Å². The zero-order valence-corrected chi connectivity index (χ0v) is 12.9. The molecule has 0 aromatic heterocycles. The molecule has 4 atom stereocenters. The quantitative estimate of drug-likeness (QED) is 0.857. The number of ether oxygens (including phenoxy) is 1. The van der Waals surface area contributed by atoms with Crippen LogP contribution in [0.15, 0.2) is 24.3 Å². The van der Waals surface area contributed by atoms with Crippen molar-refractivity contribution >= 4 is 0 Å². The largest absolute Gasteiger partial charge is 0.491 e. The minimum absolute atomic E-state index is 0.381. The molecule has 1 fully saturated rings. The van der Waals surface area contributed by atoms with Crippen molar-refractivity contribution in [1.29, 1.82) is 0 Å². The molecule has 0 spiro atoms. The van der Waals surface area contributed by atoms with Crippen LogP contribution < -0.4 is 9.64 Å². The molecule has 1 heterocycles. The Hall–Kier alpha value is -1.06. The third-order valence-electron chi connectivity index (χ3n) is 4.44. The SMILES string of the molecule is Cc1cccc(OC[C@H](O)C[NH+]2[C@H](C)CCC[C@@H]2C)c1. The second-order valence-electron chi connectivity index (χ2n) is 6.29. The van der Waals surface area contributed by atoms with Gasteiger partial charge < -0.3 is 14.7 Å². The second-order valence-corrected chi connectivity index (χ2v) is 6.29. The highest BCUT2D eigenvalue weighted by molar-refractivity contribution is 5.27. The molecular weight excluding hydrogens is 250 g/mol. The van der Waals surface area contributed by atoms with E-state index in [-0.39, 0.29) is 0 Å². The Balaban J connectivity index is 1.81. The van der Waals surface area contributed by atoms with Crippen LogP contribution in [0.1, 0.15) is 38.7 Å². The van der Waals surface area contributed by atoms with Gasteiger partial charge in [-0.25, -0.2) is 0 Å². The van der Waals surface area contributed by atoms with Gasteiger partial charge in [-0.3, -0.25) is 0 Å². The monoisotopic (exact) mass is 278 g/mol. The highest BCUT2D eigenvalue weighted by Gasteiger charge is 2.30. The fourth-order valence-electron chi connectivity index (χ4n) is 3.22. The minimum atomic E-state index is -0.395. The smallest absolute Gasteiger partial charge is 0.137 e. The molecule has 20 heavy (non-hydrogen) atoms. The molecule has 1 aromatic rings. The second kappa shape index (κ2) is 7.09. The summed E-state index contributed by atoms with van der Waals surface area (Å²) in [6.45, 7) is 7.79. The molecule has 3 heteroatoms. The summed E-state index contributed by atoms with van der Waals surface area (Å²) >= 11 is 0. The molecule has 112 valence electrons. The first-order valence-electron chi connectivity index (χ1n) is 7.79. The van der Waals surface area contributed by atoms with Crippen LogP contribution in [0.25, 0.3) is 0 Å². The number of nitrogens with one attached hydrogen (secondary N) is 1. The van der Waals surface area contributed by atoms with E-state index in [9.17, 15) is 5.11 Å². The topological polar surface area (TPSA) is 33.9 Å². The first-order valence-corrected chi connectivity index (χ1v) is 7.79. The molecule has 0 saturated carbocycles. The molecule has 1 aromatic carbocycles. The number of likely N-dealkylation sites (tertiary alicyclic amines) is 1. The standard InChI is InChI=1S/C17H27NO2/c1-13-6-4-9-17(10-13)20-12-16(19)11-18-14(2)7-5-8-15(18)3/h4,6,9-10,14-16,19H,5,7-8,11-12H2,1-3H3/p+1/t14-,15+,16-/m1/s1. The van der Waals surface area contributed by atoms with Gasteiger partial charge >= 0.3 is 0 Å². The third-order valence-corrected chi connectivity index (χ3v) is 4.44. The van der Waals surface area contributed by atoms with Gasteiger partial charge in [0.25, 0.3) is 0 Å². The van der Waals surface area contributed by atoms with Gasteiger partial charge in [0.1, 0.15) is 25.0 Å². The summed E-state index contributed by atoms with van der Waals surface area (Å²) in [5.41, 5.74) is 1.18. The molecule has 0 aliphatic carbocycles. The summed E-state index contributed by atoms with van der Waals surface area (Å²) in [7, 11) is 0. The number of hydrogen-bond donors (Lipinski definition) is 2. The molecule has 2 N–H and O–H groups in total. The van der Waals surface area contributed by atoms with Gasteiger partial charge in [-0.05, 0) is 57.7 Å². The number of quaternary nitrogens is 1. The average molecular weight is 278 g/mol. The lowest BCUT2D eigenvalue weighted by molar-refractivity contribution is -0.954. The van der Waals surface area contributed by atoms with Crippen LogP contribution >= 0.6 is 0 Å². The molecule has 1 saturated heterocycles. The number of aliphatic hydroxyl groups excluding tert-OH is 1. The fraction of sp³-hybridized carbons (Fsp3) is 0.647. The maximum absolute atomic E-state index is 10.2. The van der Waals surface area contributed by atoms with Gasteiger partial charge in [0, 0.05) is 0 Å². The predicted molar refractivity (Wildman–Crippen MR) is 81.3 cm³/mol. The molecule has 3 nitrogen and oxygen atoms in total. The van der Waals surface area contributed by atoms with Crippen LogP contribution in [-0.2, 0) is 0 Å². The lowest BCUT2D eigenvalue weighted by Crippen LogP contribution is -3.20. The molecule has 0 radical (unpaired) electrons. The fourth-order valence-corrected chi connectivity index (χ4v) is 3.22. The number of benzene rings is 1. The van der Waals surface area contributed by atoms with Crippen molar-refractivity contribution in [2.24, 2.45) is 0 Å². The zero-order valence-electron chi connectivity index (χ0n) is 12.9. The number of rotatable bonds is 5. The van der Waals surface area contributed by atoms with Crippen molar-refractivity contribution in [2.75, 3.05) is 13.2 Å². The Morgan fingerprint density at radius 1 is 1.30 bits per heavy atom. The molecule has 1 unspecified atom stereocenters. The third kappa shape index (κ3) is 4.22. The summed E-state index contributed by atoms with van der Waals surface area (Å²) in [6, 6.07) is 9.27. The van der Waals surface area contributed by atoms with E-state index in [1.807, 2.05) is 31.2 Å². The van der Waals surface area contributed by atoms with Crippen LogP contribution in [0.5, 0.6) is 5.75 Å². The first-order chi connectivity index (χ1) is 9.56. The highest BCUT2D eigenvalue weighted by atomic mass is 16.5. The van der Waals surface area contributed by atoms with Gasteiger partial charge in [-0.1, -0.05) is 12.1 Å². The Labute approximate surface area is 122 Å². The van der Waals surface area contributed by atoms with Gasteiger partial charge in [0.2, 0.25) is 0 Å². The molecule has 0 amide bonds. The van der Waals surface area contributed by atoms with Crippen LogP contribution in [0, 0.1) is 6.92 Å². The first kappa shape index (κ1) is 15.3. The molecule has 1 aliphatic rings. The van der Waals surface area contributed by atoms with E-state index >= 15 is 0 Å². The predicted octanol–water partition coefficient (Wildman–Crippen LogP) is 1.58. The maximum Gasteiger partial charge on any atom is 0.137 e. The molecule has 2 rings (SSSR count). The van der Waals surface area contributed by atoms with E-state index in [1.165, 1.54) is 29.7 Å². The Morgan fingerprint density at radius 3 is 2.65 bits per heavy atom. The van der Waals surface area contributed by atoms with Crippen molar-refractivity contribution in [3.63, 3.8) is 0 Å². The summed E-state index contributed by atoms with van der Waals surface area (Å²) < 4.78 is 5.70. The Morgan fingerprint density at radius 2 is 2.00 bits per heavy atom. The van der Waals surface area contributed by atoms with E-state index in [4.69, 9.17) is 4.74 Å². The van der Waals surface area contributed by atoms with Gasteiger partial charge in [0.05, 0.1) is 12.1 Å². The van der Waals surface area contributed by atoms with Gasteiger partial charge in [-0.2, -0.15) is 0 Å². The molecule has 0 bridgehead atoms.